The summed E-state index contributed by atoms with van der Waals surface area (Å²) in [4.78, 5) is 10.6. The Hall–Kier alpha value is -2.61. The summed E-state index contributed by atoms with van der Waals surface area (Å²) in [5, 5.41) is 14.1. The molecule has 2 rings (SSSR count). The van der Waals surface area contributed by atoms with Crippen LogP contribution in [-0.4, -0.2) is 19.6 Å². The summed E-state index contributed by atoms with van der Waals surface area (Å²) in [6.45, 7) is 1.87. The maximum absolute atomic E-state index is 11.2. The van der Waals surface area contributed by atoms with Gasteiger partial charge in [-0.3, -0.25) is 14.8 Å². The molecule has 23 heavy (non-hydrogen) atoms. The van der Waals surface area contributed by atoms with Crippen molar-refractivity contribution in [3.8, 4) is 0 Å². The molecule has 0 bridgehead atoms. The minimum atomic E-state index is -3.31. The lowest BCUT2D eigenvalue weighted by molar-refractivity contribution is -0.384. The number of nitrogens with zero attached hydrogens (tertiary/aromatic N) is 1. The number of rotatable bonds is 6. The minimum Gasteiger partial charge on any atom is -0.373 e. The molecule has 0 fully saturated rings. The van der Waals surface area contributed by atoms with Crippen molar-refractivity contribution >= 4 is 27.1 Å². The van der Waals surface area contributed by atoms with E-state index in [0.29, 0.717) is 11.4 Å². The van der Waals surface area contributed by atoms with E-state index in [-0.39, 0.29) is 11.7 Å². The van der Waals surface area contributed by atoms with Crippen LogP contribution in [0.5, 0.6) is 0 Å². The number of anilines is 2. The van der Waals surface area contributed by atoms with Crippen LogP contribution in [0.1, 0.15) is 18.5 Å². The third-order valence-electron chi connectivity index (χ3n) is 3.19. The van der Waals surface area contributed by atoms with Crippen LogP contribution in [0.25, 0.3) is 0 Å². The number of para-hydroxylation sites is 2. The third-order valence-corrected chi connectivity index (χ3v) is 3.79. The van der Waals surface area contributed by atoms with E-state index in [1.807, 2.05) is 6.92 Å². The van der Waals surface area contributed by atoms with Crippen LogP contribution < -0.4 is 10.0 Å². The Bertz CT molecular complexity index is 804. The van der Waals surface area contributed by atoms with E-state index in [1.54, 1.807) is 42.5 Å². The Labute approximate surface area is 134 Å². The quantitative estimate of drug-likeness (QED) is 0.624. The monoisotopic (exact) mass is 335 g/mol. The van der Waals surface area contributed by atoms with Gasteiger partial charge in [-0.2, -0.15) is 0 Å². The highest BCUT2D eigenvalue weighted by Crippen LogP contribution is 2.28. The molecule has 0 aliphatic rings. The van der Waals surface area contributed by atoms with Crippen LogP contribution in [0.15, 0.2) is 48.5 Å². The normalized spacial score (nSPS) is 12.4. The second kappa shape index (κ2) is 6.66. The van der Waals surface area contributed by atoms with Gasteiger partial charge >= 0.3 is 0 Å². The van der Waals surface area contributed by atoms with Gasteiger partial charge in [-0.25, -0.2) is 8.42 Å². The van der Waals surface area contributed by atoms with Gasteiger partial charge in [0.25, 0.3) is 5.69 Å². The lowest BCUT2D eigenvalue weighted by atomic mass is 10.1. The molecule has 2 N–H and O–H groups in total. The highest BCUT2D eigenvalue weighted by molar-refractivity contribution is 7.92. The van der Waals surface area contributed by atoms with Crippen LogP contribution in [0.2, 0.25) is 0 Å². The molecule has 0 saturated heterocycles. The van der Waals surface area contributed by atoms with Gasteiger partial charge < -0.3 is 5.32 Å². The highest BCUT2D eigenvalue weighted by Gasteiger charge is 2.15. The van der Waals surface area contributed by atoms with Crippen LogP contribution >= 0.6 is 0 Å². The lowest BCUT2D eigenvalue weighted by Crippen LogP contribution is -2.10. The van der Waals surface area contributed by atoms with Gasteiger partial charge in [0, 0.05) is 17.8 Å². The maximum atomic E-state index is 11.2. The zero-order chi connectivity index (χ0) is 17.0. The van der Waals surface area contributed by atoms with Crippen molar-refractivity contribution < 1.29 is 13.3 Å². The first-order valence-corrected chi connectivity index (χ1v) is 8.73. The molecule has 0 radical (unpaired) electrons. The maximum Gasteiger partial charge on any atom is 0.292 e. The van der Waals surface area contributed by atoms with E-state index in [0.717, 1.165) is 11.8 Å². The molecule has 7 nitrogen and oxygen atoms in total. The van der Waals surface area contributed by atoms with Crippen molar-refractivity contribution in [2.24, 2.45) is 0 Å². The van der Waals surface area contributed by atoms with E-state index in [4.69, 9.17) is 0 Å². The average Bonchev–Trinajstić information content (AvgIpc) is 2.46. The van der Waals surface area contributed by atoms with Crippen molar-refractivity contribution in [3.05, 3.63) is 64.2 Å². The van der Waals surface area contributed by atoms with Crippen molar-refractivity contribution in [2.45, 2.75) is 13.0 Å². The number of nitro groups is 1. The van der Waals surface area contributed by atoms with Gasteiger partial charge in [0.1, 0.15) is 5.69 Å². The number of benzene rings is 2. The SMILES string of the molecule is C[C@@H](Nc1ccccc1[N+](=O)[O-])c1ccc(NS(C)(=O)=O)cc1. The summed E-state index contributed by atoms with van der Waals surface area (Å²) >= 11 is 0. The van der Waals surface area contributed by atoms with Gasteiger partial charge in [0.05, 0.1) is 11.2 Å². The second-order valence-electron chi connectivity index (χ2n) is 5.14. The number of sulfonamides is 1. The average molecular weight is 335 g/mol. The van der Waals surface area contributed by atoms with Gasteiger partial charge in [0.15, 0.2) is 0 Å². The molecule has 0 spiro atoms. The fraction of sp³-hybridized carbons (Fsp3) is 0.200. The van der Waals surface area contributed by atoms with Gasteiger partial charge in [-0.15, -0.1) is 0 Å². The summed E-state index contributed by atoms with van der Waals surface area (Å²) in [6.07, 6.45) is 1.08. The van der Waals surface area contributed by atoms with Gasteiger partial charge in [-0.1, -0.05) is 24.3 Å². The highest BCUT2D eigenvalue weighted by atomic mass is 32.2. The van der Waals surface area contributed by atoms with Crippen LogP contribution in [0.3, 0.4) is 0 Å². The van der Waals surface area contributed by atoms with Crippen molar-refractivity contribution in [1.82, 2.24) is 0 Å². The Morgan fingerprint density at radius 2 is 1.70 bits per heavy atom. The van der Waals surface area contributed by atoms with Crippen LogP contribution in [0, 0.1) is 10.1 Å². The van der Waals surface area contributed by atoms with Crippen molar-refractivity contribution in [3.63, 3.8) is 0 Å². The fourth-order valence-corrected chi connectivity index (χ4v) is 2.69. The summed E-state index contributed by atoms with van der Waals surface area (Å²) in [6, 6.07) is 13.1. The minimum absolute atomic E-state index is 0.00899. The Kier molecular flexibility index (Phi) is 4.85. The standard InChI is InChI=1S/C15H17N3O4S/c1-11(16-14-5-3-4-6-15(14)18(19)20)12-7-9-13(10-8-12)17-23(2,21)22/h3-11,16-17H,1-2H3/t11-/m1/s1. The molecule has 2 aromatic carbocycles. The molecule has 8 heteroatoms. The zero-order valence-electron chi connectivity index (χ0n) is 12.7. The molecule has 0 saturated carbocycles. The summed E-state index contributed by atoms with van der Waals surface area (Å²) < 4.78 is 24.7. The van der Waals surface area contributed by atoms with E-state index in [9.17, 15) is 18.5 Å². The van der Waals surface area contributed by atoms with Gasteiger partial charge in [0.2, 0.25) is 10.0 Å². The topological polar surface area (TPSA) is 101 Å². The lowest BCUT2D eigenvalue weighted by Gasteiger charge is -2.16. The number of nitrogens with one attached hydrogen (secondary N) is 2. The molecule has 0 aliphatic heterocycles. The fourth-order valence-electron chi connectivity index (χ4n) is 2.13. The smallest absolute Gasteiger partial charge is 0.292 e. The van der Waals surface area contributed by atoms with Crippen molar-refractivity contribution in [1.29, 1.82) is 0 Å². The van der Waals surface area contributed by atoms with Gasteiger partial charge in [-0.05, 0) is 30.7 Å². The number of hydrogen-bond donors (Lipinski definition) is 2. The molecule has 0 heterocycles. The predicted octanol–water partition coefficient (Wildman–Crippen LogP) is 3.14. The molecule has 1 atom stereocenters. The van der Waals surface area contributed by atoms with Crippen molar-refractivity contribution in [2.75, 3.05) is 16.3 Å². The van der Waals surface area contributed by atoms with E-state index in [1.165, 1.54) is 6.07 Å². The first-order valence-electron chi connectivity index (χ1n) is 6.84. The molecule has 0 aliphatic carbocycles. The predicted molar refractivity (Wildman–Crippen MR) is 90.0 cm³/mol. The van der Waals surface area contributed by atoms with E-state index < -0.39 is 14.9 Å². The first-order chi connectivity index (χ1) is 10.8. The Balaban J connectivity index is 2.15. The summed E-state index contributed by atoms with van der Waals surface area (Å²) in [5.41, 5.74) is 1.79. The van der Waals surface area contributed by atoms with Crippen LogP contribution in [0.4, 0.5) is 17.1 Å². The molecule has 0 amide bonds. The first kappa shape index (κ1) is 16.8. The molecule has 2 aromatic rings. The number of hydrogen-bond acceptors (Lipinski definition) is 5. The molecule has 122 valence electrons. The molecule has 0 unspecified atom stereocenters. The third kappa shape index (κ3) is 4.68. The molecule has 0 aromatic heterocycles. The second-order valence-corrected chi connectivity index (χ2v) is 6.88. The zero-order valence-corrected chi connectivity index (χ0v) is 13.5. The molecular weight excluding hydrogens is 318 g/mol. The summed E-state index contributed by atoms with van der Waals surface area (Å²) in [7, 11) is -3.31. The Morgan fingerprint density at radius 1 is 1.09 bits per heavy atom. The van der Waals surface area contributed by atoms with E-state index >= 15 is 0 Å². The Morgan fingerprint density at radius 3 is 2.26 bits per heavy atom. The number of nitro benzene ring substituents is 1. The van der Waals surface area contributed by atoms with Crippen LogP contribution in [-0.2, 0) is 10.0 Å². The largest absolute Gasteiger partial charge is 0.373 e. The van der Waals surface area contributed by atoms with E-state index in [2.05, 4.69) is 10.0 Å². The summed E-state index contributed by atoms with van der Waals surface area (Å²) in [5.74, 6) is 0. The molecular formula is C15H17N3O4S.